The number of nitrogens with one attached hydrogen (secondary N) is 2. The number of hydrogen-bond donors (Lipinski definition) is 2. The van der Waals surface area contributed by atoms with E-state index < -0.39 is 38.0 Å². The summed E-state index contributed by atoms with van der Waals surface area (Å²) in [6, 6.07) is 6.18. The molecule has 0 spiro atoms. The van der Waals surface area contributed by atoms with Crippen LogP contribution in [0.25, 0.3) is 0 Å². The van der Waals surface area contributed by atoms with Crippen LogP contribution in [0.5, 0.6) is 17.2 Å². The van der Waals surface area contributed by atoms with Gasteiger partial charge in [0.25, 0.3) is 11.8 Å². The molecule has 0 radical (unpaired) electrons. The van der Waals surface area contributed by atoms with Gasteiger partial charge in [-0.1, -0.05) is 6.07 Å². The number of rotatable bonds is 8. The zero-order chi connectivity index (χ0) is 24.9. The zero-order valence-corrected chi connectivity index (χ0v) is 19.2. The molecule has 2 aromatic carbocycles. The monoisotopic (exact) mass is 482 g/mol. The van der Waals surface area contributed by atoms with Crippen LogP contribution in [-0.4, -0.2) is 64.9 Å². The van der Waals surface area contributed by atoms with Crippen molar-refractivity contribution in [1.29, 1.82) is 0 Å². The first kappa shape index (κ1) is 25.4. The van der Waals surface area contributed by atoms with Gasteiger partial charge in [-0.2, -0.15) is 0 Å². The topological polar surface area (TPSA) is 166 Å². The van der Waals surface area contributed by atoms with E-state index in [-0.39, 0.29) is 27.7 Å². The summed E-state index contributed by atoms with van der Waals surface area (Å²) in [5.74, 6) is -2.36. The number of ether oxygens (including phenoxy) is 3. The van der Waals surface area contributed by atoms with Crippen LogP contribution in [0.15, 0.2) is 35.2 Å². The number of carbonyl (C=O) groups is 2. The van der Waals surface area contributed by atoms with Crippen molar-refractivity contribution in [2.45, 2.75) is 4.90 Å². The van der Waals surface area contributed by atoms with Crippen LogP contribution in [-0.2, 0) is 10.0 Å². The van der Waals surface area contributed by atoms with Gasteiger partial charge in [-0.3, -0.25) is 30.6 Å². The Balaban J connectivity index is 2.35. The summed E-state index contributed by atoms with van der Waals surface area (Å²) < 4.78 is 40.7. The highest BCUT2D eigenvalue weighted by molar-refractivity contribution is 7.89. The Morgan fingerprint density at radius 1 is 0.970 bits per heavy atom. The van der Waals surface area contributed by atoms with E-state index in [0.717, 1.165) is 23.5 Å². The third kappa shape index (κ3) is 5.12. The maximum atomic E-state index is 12.7. The van der Waals surface area contributed by atoms with E-state index in [9.17, 15) is 28.1 Å². The average Bonchev–Trinajstić information content (AvgIpc) is 2.80. The Bertz CT molecular complexity index is 1200. The van der Waals surface area contributed by atoms with Crippen molar-refractivity contribution in [3.05, 3.63) is 51.6 Å². The van der Waals surface area contributed by atoms with E-state index in [1.165, 1.54) is 46.5 Å². The van der Waals surface area contributed by atoms with Gasteiger partial charge in [-0.05, 0) is 18.2 Å². The minimum absolute atomic E-state index is 0.0157. The summed E-state index contributed by atoms with van der Waals surface area (Å²) in [6.45, 7) is 0. The summed E-state index contributed by atoms with van der Waals surface area (Å²) in [5.41, 5.74) is 2.90. The predicted molar refractivity (Wildman–Crippen MR) is 115 cm³/mol. The molecule has 178 valence electrons. The maximum Gasteiger partial charge on any atom is 0.327 e. The Morgan fingerprint density at radius 2 is 1.58 bits per heavy atom. The molecule has 33 heavy (non-hydrogen) atoms. The lowest BCUT2D eigenvalue weighted by molar-refractivity contribution is -0.386. The van der Waals surface area contributed by atoms with Gasteiger partial charge < -0.3 is 14.2 Å². The first-order chi connectivity index (χ1) is 15.5. The molecule has 0 saturated carbocycles. The smallest absolute Gasteiger partial charge is 0.327 e. The lowest BCUT2D eigenvalue weighted by Crippen LogP contribution is -2.42. The summed E-state index contributed by atoms with van der Waals surface area (Å²) >= 11 is 0. The van der Waals surface area contributed by atoms with Crippen molar-refractivity contribution >= 4 is 27.5 Å². The number of amides is 2. The number of nitro groups is 1. The second-order valence-corrected chi connectivity index (χ2v) is 8.67. The van der Waals surface area contributed by atoms with Crippen LogP contribution in [0.2, 0.25) is 0 Å². The number of hydrazine groups is 1. The molecule has 0 saturated heterocycles. The van der Waals surface area contributed by atoms with Gasteiger partial charge in [-0.25, -0.2) is 12.7 Å². The van der Waals surface area contributed by atoms with E-state index in [0.29, 0.717) is 0 Å². The van der Waals surface area contributed by atoms with Gasteiger partial charge in [0.2, 0.25) is 21.5 Å². The quantitative estimate of drug-likeness (QED) is 0.411. The molecule has 0 fully saturated rings. The van der Waals surface area contributed by atoms with Crippen molar-refractivity contribution < 1.29 is 37.1 Å². The molecule has 2 rings (SSSR count). The lowest BCUT2D eigenvalue weighted by atomic mass is 10.1. The van der Waals surface area contributed by atoms with Crippen molar-refractivity contribution in [2.75, 3.05) is 35.4 Å². The van der Waals surface area contributed by atoms with Gasteiger partial charge in [0.1, 0.15) is 5.56 Å². The number of hydrogen-bond acceptors (Lipinski definition) is 9. The molecule has 13 nitrogen and oxygen atoms in total. The molecule has 2 amide bonds. The van der Waals surface area contributed by atoms with Crippen molar-refractivity contribution in [1.82, 2.24) is 15.2 Å². The van der Waals surface area contributed by atoms with E-state index in [1.807, 2.05) is 0 Å². The summed E-state index contributed by atoms with van der Waals surface area (Å²) in [7, 11) is 2.55. The number of carbonyl (C=O) groups excluding carboxylic acids is 2. The Kier molecular flexibility index (Phi) is 7.79. The highest BCUT2D eigenvalue weighted by Crippen LogP contribution is 2.46. The largest absolute Gasteiger partial charge is 0.493 e. The fourth-order valence-corrected chi connectivity index (χ4v) is 3.71. The number of nitrogens with zero attached hydrogens (tertiary/aromatic N) is 2. The highest BCUT2D eigenvalue weighted by Gasteiger charge is 2.32. The van der Waals surface area contributed by atoms with Gasteiger partial charge in [0.15, 0.2) is 5.75 Å². The van der Waals surface area contributed by atoms with Crippen LogP contribution in [0, 0.1) is 10.1 Å². The van der Waals surface area contributed by atoms with Crippen LogP contribution >= 0.6 is 0 Å². The Morgan fingerprint density at radius 3 is 2.09 bits per heavy atom. The van der Waals surface area contributed by atoms with E-state index >= 15 is 0 Å². The van der Waals surface area contributed by atoms with Crippen LogP contribution in [0.4, 0.5) is 5.69 Å². The number of nitro benzene ring substituents is 1. The van der Waals surface area contributed by atoms with E-state index in [2.05, 4.69) is 10.9 Å². The predicted octanol–water partition coefficient (Wildman–Crippen LogP) is 0.946. The molecular weight excluding hydrogens is 460 g/mol. The summed E-state index contributed by atoms with van der Waals surface area (Å²) in [6.07, 6.45) is 0. The summed E-state index contributed by atoms with van der Waals surface area (Å²) in [5, 5.41) is 11.6. The third-order valence-corrected chi connectivity index (χ3v) is 6.21. The van der Waals surface area contributed by atoms with Crippen molar-refractivity contribution in [3.63, 3.8) is 0 Å². The van der Waals surface area contributed by atoms with Crippen LogP contribution in [0.3, 0.4) is 0 Å². The average molecular weight is 482 g/mol. The molecule has 14 heteroatoms. The first-order valence-corrected chi connectivity index (χ1v) is 10.5. The van der Waals surface area contributed by atoms with Gasteiger partial charge >= 0.3 is 5.69 Å². The Labute approximate surface area is 189 Å². The zero-order valence-electron chi connectivity index (χ0n) is 18.4. The molecule has 2 N–H and O–H groups in total. The fourth-order valence-electron chi connectivity index (χ4n) is 2.76. The SMILES string of the molecule is COc1cc(C(=O)NNC(=O)c2cccc(S(=O)(=O)N(C)C)c2)c([N+](=O)[O-])c(OC)c1OC. The van der Waals surface area contributed by atoms with Crippen LogP contribution < -0.4 is 25.1 Å². The minimum atomic E-state index is -3.79. The second-order valence-electron chi connectivity index (χ2n) is 6.52. The van der Waals surface area contributed by atoms with Gasteiger partial charge in [0.05, 0.1) is 31.1 Å². The summed E-state index contributed by atoms with van der Waals surface area (Å²) in [4.78, 5) is 35.8. The van der Waals surface area contributed by atoms with Crippen LogP contribution in [0.1, 0.15) is 20.7 Å². The maximum absolute atomic E-state index is 12.7. The van der Waals surface area contributed by atoms with Crippen molar-refractivity contribution in [2.24, 2.45) is 0 Å². The Hall–Kier alpha value is -3.91. The van der Waals surface area contributed by atoms with E-state index in [1.54, 1.807) is 0 Å². The molecule has 0 aliphatic rings. The third-order valence-electron chi connectivity index (χ3n) is 4.40. The minimum Gasteiger partial charge on any atom is -0.493 e. The fraction of sp³-hybridized carbons (Fsp3) is 0.263. The molecule has 0 atom stereocenters. The molecular formula is C19H22N4O9S. The number of benzene rings is 2. The van der Waals surface area contributed by atoms with Gasteiger partial charge in [0, 0.05) is 25.7 Å². The lowest BCUT2D eigenvalue weighted by Gasteiger charge is -2.15. The molecule has 0 aliphatic carbocycles. The number of sulfonamides is 1. The second kappa shape index (κ2) is 10.1. The number of methoxy groups -OCH3 is 3. The molecule has 0 aliphatic heterocycles. The standard InChI is InChI=1S/C19H22N4O9S/c1-22(2)33(28,29)12-8-6-7-11(9-12)18(24)20-21-19(25)13-10-14(30-3)16(31-4)17(32-5)15(13)23(26)27/h6-10H,1-5H3,(H,20,24)(H,21,25). The van der Waals surface area contributed by atoms with E-state index in [4.69, 9.17) is 14.2 Å². The van der Waals surface area contributed by atoms with Gasteiger partial charge in [-0.15, -0.1) is 0 Å². The first-order valence-electron chi connectivity index (χ1n) is 9.10. The highest BCUT2D eigenvalue weighted by atomic mass is 32.2. The normalized spacial score (nSPS) is 11.0. The van der Waals surface area contributed by atoms with Crippen molar-refractivity contribution in [3.8, 4) is 17.2 Å². The molecule has 0 heterocycles. The molecule has 2 aromatic rings. The molecule has 0 aromatic heterocycles. The molecule has 0 bridgehead atoms. The molecule has 0 unspecified atom stereocenters.